The molecule has 0 aromatic rings. The van der Waals surface area contributed by atoms with Crippen molar-refractivity contribution in [2.45, 2.75) is 45.4 Å². The second-order valence-corrected chi connectivity index (χ2v) is 7.01. The van der Waals surface area contributed by atoms with Gasteiger partial charge in [0, 0.05) is 65.6 Å². The number of carbonyl (C=O) groups is 1. The maximum absolute atomic E-state index is 11.6. The minimum Gasteiger partial charge on any atom is -0.381 e. The van der Waals surface area contributed by atoms with E-state index in [0.29, 0.717) is 18.2 Å². The van der Waals surface area contributed by atoms with Gasteiger partial charge in [-0.25, -0.2) is 0 Å². The van der Waals surface area contributed by atoms with E-state index in [2.05, 4.69) is 22.5 Å². The highest BCUT2D eigenvalue weighted by Gasteiger charge is 2.18. The van der Waals surface area contributed by atoms with Gasteiger partial charge in [0.1, 0.15) is 0 Å². The number of amides is 1. The van der Waals surface area contributed by atoms with E-state index >= 15 is 0 Å². The fourth-order valence-electron chi connectivity index (χ4n) is 3.28. The van der Waals surface area contributed by atoms with Crippen molar-refractivity contribution in [3.8, 4) is 0 Å². The zero-order valence-electron chi connectivity index (χ0n) is 16.7. The molecule has 0 aromatic heterocycles. The Hall–Kier alpha value is -0.610. The molecule has 2 fully saturated rings. The van der Waals surface area contributed by atoms with Crippen LogP contribution in [0.25, 0.3) is 0 Å². The van der Waals surface area contributed by atoms with Crippen molar-refractivity contribution in [3.05, 3.63) is 0 Å². The lowest BCUT2D eigenvalue weighted by Crippen LogP contribution is -2.38. The second-order valence-electron chi connectivity index (χ2n) is 7.01. The molecule has 2 N–H and O–H groups in total. The highest BCUT2D eigenvalue weighted by molar-refractivity contribution is 14.0. The number of ether oxygens (including phenoxy) is 2. The van der Waals surface area contributed by atoms with Crippen molar-refractivity contribution in [3.63, 3.8) is 0 Å². The molecule has 0 radical (unpaired) electrons. The Kier molecular flexibility index (Phi) is 13.9. The molecule has 1 amide bonds. The van der Waals surface area contributed by atoms with Crippen LogP contribution in [0.3, 0.4) is 0 Å². The highest BCUT2D eigenvalue weighted by Crippen LogP contribution is 2.14. The minimum absolute atomic E-state index is 0. The quantitative estimate of drug-likeness (QED) is 0.198. The number of nitrogens with zero attached hydrogens (tertiary/aromatic N) is 2. The summed E-state index contributed by atoms with van der Waals surface area (Å²) in [5.74, 6) is 1.81. The van der Waals surface area contributed by atoms with Gasteiger partial charge in [-0.15, -0.1) is 24.0 Å². The smallest absolute Gasteiger partial charge is 0.222 e. The summed E-state index contributed by atoms with van der Waals surface area (Å²) in [6.45, 7) is 9.62. The van der Waals surface area contributed by atoms with Gasteiger partial charge < -0.3 is 25.0 Å². The van der Waals surface area contributed by atoms with E-state index in [1.807, 2.05) is 4.90 Å². The Morgan fingerprint density at radius 1 is 1.30 bits per heavy atom. The number of nitrogens with one attached hydrogen (secondary N) is 2. The molecular formula is C19H37IN4O3. The molecule has 2 saturated heterocycles. The molecule has 0 spiro atoms. The molecule has 8 heteroatoms. The molecule has 2 heterocycles. The summed E-state index contributed by atoms with van der Waals surface area (Å²) in [5, 5.41) is 6.62. The number of halogens is 1. The van der Waals surface area contributed by atoms with Crippen LogP contribution in [-0.4, -0.2) is 75.9 Å². The first-order chi connectivity index (χ1) is 12.8. The molecule has 0 atom stereocenters. The third-order valence-electron chi connectivity index (χ3n) is 4.82. The normalized spacial score (nSPS) is 18.5. The van der Waals surface area contributed by atoms with E-state index in [9.17, 15) is 4.79 Å². The molecule has 0 saturated carbocycles. The summed E-state index contributed by atoms with van der Waals surface area (Å²) < 4.78 is 11.2. The number of likely N-dealkylation sites (tertiary alicyclic amines) is 1. The zero-order chi connectivity index (χ0) is 18.5. The van der Waals surface area contributed by atoms with Gasteiger partial charge in [0.2, 0.25) is 5.91 Å². The summed E-state index contributed by atoms with van der Waals surface area (Å²) in [5.41, 5.74) is 0. The lowest BCUT2D eigenvalue weighted by atomic mass is 10.0. The highest BCUT2D eigenvalue weighted by atomic mass is 127. The van der Waals surface area contributed by atoms with Crippen LogP contribution in [-0.2, 0) is 14.3 Å². The molecule has 0 bridgehead atoms. The van der Waals surface area contributed by atoms with Gasteiger partial charge in [0.05, 0.1) is 0 Å². The molecule has 0 aliphatic carbocycles. The predicted octanol–water partition coefficient (Wildman–Crippen LogP) is 2.01. The maximum atomic E-state index is 11.6. The van der Waals surface area contributed by atoms with Gasteiger partial charge in [-0.2, -0.15) is 0 Å². The number of carbonyl (C=O) groups excluding carboxylic acids is 1. The molecular weight excluding hydrogens is 459 g/mol. The van der Waals surface area contributed by atoms with E-state index in [-0.39, 0.29) is 24.0 Å². The summed E-state index contributed by atoms with van der Waals surface area (Å²) in [6, 6.07) is 0. The molecule has 2 aliphatic heterocycles. The van der Waals surface area contributed by atoms with E-state index in [0.717, 1.165) is 97.2 Å². The van der Waals surface area contributed by atoms with Crippen molar-refractivity contribution in [1.29, 1.82) is 0 Å². The number of hydrogen-bond donors (Lipinski definition) is 2. The Morgan fingerprint density at radius 2 is 2.11 bits per heavy atom. The largest absolute Gasteiger partial charge is 0.381 e. The summed E-state index contributed by atoms with van der Waals surface area (Å²) in [6.07, 6.45) is 5.84. The molecule has 0 unspecified atom stereocenters. The first-order valence-electron chi connectivity index (χ1n) is 10.2. The van der Waals surface area contributed by atoms with Crippen LogP contribution in [0.1, 0.15) is 45.4 Å². The van der Waals surface area contributed by atoms with Crippen LogP contribution in [0.5, 0.6) is 0 Å². The summed E-state index contributed by atoms with van der Waals surface area (Å²) in [7, 11) is 0. The molecule has 2 rings (SSSR count). The average Bonchev–Trinajstić information content (AvgIpc) is 3.07. The third kappa shape index (κ3) is 10.5. The first kappa shape index (κ1) is 24.4. The number of rotatable bonds is 11. The Bertz CT molecular complexity index is 431. The van der Waals surface area contributed by atoms with Crippen molar-refractivity contribution in [2.24, 2.45) is 10.9 Å². The van der Waals surface area contributed by atoms with Crippen LogP contribution in [0, 0.1) is 5.92 Å². The minimum atomic E-state index is 0. The molecule has 158 valence electrons. The van der Waals surface area contributed by atoms with Gasteiger partial charge in [-0.1, -0.05) is 0 Å². The molecule has 7 nitrogen and oxygen atoms in total. The summed E-state index contributed by atoms with van der Waals surface area (Å²) >= 11 is 0. The first-order valence-corrected chi connectivity index (χ1v) is 10.2. The Balaban J connectivity index is 0.00000364. The van der Waals surface area contributed by atoms with Crippen LogP contribution in [0.2, 0.25) is 0 Å². The van der Waals surface area contributed by atoms with Gasteiger partial charge in [0.15, 0.2) is 5.96 Å². The van der Waals surface area contributed by atoms with Crippen LogP contribution < -0.4 is 10.6 Å². The predicted molar refractivity (Wildman–Crippen MR) is 119 cm³/mol. The van der Waals surface area contributed by atoms with E-state index in [1.165, 1.54) is 0 Å². The van der Waals surface area contributed by atoms with Gasteiger partial charge in [-0.3, -0.25) is 9.79 Å². The van der Waals surface area contributed by atoms with Crippen LogP contribution in [0.15, 0.2) is 4.99 Å². The second kappa shape index (κ2) is 15.3. The topological polar surface area (TPSA) is 75.2 Å². The molecule has 0 aromatic carbocycles. The maximum Gasteiger partial charge on any atom is 0.222 e. The lowest BCUT2D eigenvalue weighted by Gasteiger charge is -2.21. The standard InChI is InChI=1S/C19H36N4O3.HI/c1-2-20-19(21-9-4-12-23-11-3-6-18(23)24)22-10-5-13-26-16-17-7-14-25-15-8-17;/h17H,2-16H2,1H3,(H2,20,21,22);1H. The van der Waals surface area contributed by atoms with Crippen molar-refractivity contribution >= 4 is 35.8 Å². The lowest BCUT2D eigenvalue weighted by molar-refractivity contribution is -0.127. The van der Waals surface area contributed by atoms with Crippen LogP contribution >= 0.6 is 24.0 Å². The van der Waals surface area contributed by atoms with E-state index in [1.54, 1.807) is 0 Å². The number of aliphatic imine (C=N–C) groups is 1. The molecule has 2 aliphatic rings. The number of hydrogen-bond acceptors (Lipinski definition) is 4. The third-order valence-corrected chi connectivity index (χ3v) is 4.82. The van der Waals surface area contributed by atoms with Gasteiger partial charge in [-0.05, 0) is 44.9 Å². The fourth-order valence-corrected chi connectivity index (χ4v) is 3.28. The molecule has 27 heavy (non-hydrogen) atoms. The van der Waals surface area contributed by atoms with E-state index in [4.69, 9.17) is 9.47 Å². The van der Waals surface area contributed by atoms with Gasteiger partial charge >= 0.3 is 0 Å². The van der Waals surface area contributed by atoms with E-state index < -0.39 is 0 Å². The van der Waals surface area contributed by atoms with Crippen molar-refractivity contribution < 1.29 is 14.3 Å². The zero-order valence-corrected chi connectivity index (χ0v) is 19.0. The van der Waals surface area contributed by atoms with Crippen molar-refractivity contribution in [2.75, 3.05) is 59.2 Å². The Labute approximate surface area is 181 Å². The average molecular weight is 496 g/mol. The van der Waals surface area contributed by atoms with Crippen molar-refractivity contribution in [1.82, 2.24) is 15.5 Å². The Morgan fingerprint density at radius 3 is 2.81 bits per heavy atom. The van der Waals surface area contributed by atoms with Crippen LogP contribution in [0.4, 0.5) is 0 Å². The SMILES string of the molecule is CCNC(=NCCCN1CCCC1=O)NCCCOCC1CCOCC1.I. The van der Waals surface area contributed by atoms with Gasteiger partial charge in [0.25, 0.3) is 0 Å². The monoisotopic (exact) mass is 496 g/mol. The summed E-state index contributed by atoms with van der Waals surface area (Å²) in [4.78, 5) is 18.1. The number of guanidine groups is 1. The fraction of sp³-hybridized carbons (Fsp3) is 0.895.